The van der Waals surface area contributed by atoms with Crippen LogP contribution in [0.4, 0.5) is 34.1 Å². The third kappa shape index (κ3) is 5.30. The van der Waals surface area contributed by atoms with Crippen LogP contribution in [0.2, 0.25) is 0 Å². The minimum atomic E-state index is -4.34. The van der Waals surface area contributed by atoms with Crippen molar-refractivity contribution >= 4 is 41.9 Å². The van der Waals surface area contributed by atoms with Gasteiger partial charge in [0.15, 0.2) is 0 Å². The molecule has 0 aliphatic heterocycles. The fourth-order valence-electron chi connectivity index (χ4n) is 2.54. The number of hydrogen-bond donors (Lipinski definition) is 6. The predicted octanol–water partition coefficient (Wildman–Crippen LogP) is 2.82. The van der Waals surface area contributed by atoms with Crippen LogP contribution >= 0.6 is 7.82 Å². The van der Waals surface area contributed by atoms with Crippen molar-refractivity contribution in [3.8, 4) is 17.2 Å². The van der Waals surface area contributed by atoms with Gasteiger partial charge in [-0.2, -0.15) is 4.57 Å². The molecular formula is C18H21N6O4P. The number of benzene rings is 3. The second kappa shape index (κ2) is 7.61. The van der Waals surface area contributed by atoms with Gasteiger partial charge in [0.2, 0.25) is 0 Å². The number of phosphoric acid groups is 1. The van der Waals surface area contributed by atoms with Crippen molar-refractivity contribution in [3.63, 3.8) is 0 Å². The van der Waals surface area contributed by atoms with E-state index in [0.29, 0.717) is 34.1 Å². The Hall–Kier alpha value is -3.91. The number of nitrogens with two attached hydrogens (primary N) is 6. The average Bonchev–Trinajstić information content (AvgIpc) is 2.50. The summed E-state index contributed by atoms with van der Waals surface area (Å²) in [5.74, 6) is 0.207. The van der Waals surface area contributed by atoms with Crippen LogP contribution in [0, 0.1) is 0 Å². The molecule has 0 atom stereocenters. The molecule has 12 N–H and O–H groups in total. The number of hydrogen-bond acceptors (Lipinski definition) is 10. The number of anilines is 6. The van der Waals surface area contributed by atoms with Gasteiger partial charge in [-0.05, 0) is 18.2 Å². The van der Waals surface area contributed by atoms with Crippen molar-refractivity contribution in [2.24, 2.45) is 0 Å². The van der Waals surface area contributed by atoms with E-state index in [1.54, 1.807) is 0 Å². The summed E-state index contributed by atoms with van der Waals surface area (Å²) >= 11 is 0. The van der Waals surface area contributed by atoms with Crippen LogP contribution in [0.5, 0.6) is 17.2 Å². The molecule has 0 aromatic heterocycles. The minimum Gasteiger partial charge on any atom is -0.399 e. The van der Waals surface area contributed by atoms with E-state index in [0.717, 1.165) is 0 Å². The molecule has 0 saturated heterocycles. The molecule has 11 heteroatoms. The van der Waals surface area contributed by atoms with Crippen molar-refractivity contribution in [1.29, 1.82) is 0 Å². The van der Waals surface area contributed by atoms with Gasteiger partial charge in [0, 0.05) is 70.5 Å². The van der Waals surface area contributed by atoms with Gasteiger partial charge in [0.05, 0.1) is 0 Å². The fraction of sp³-hybridized carbons (Fsp3) is 0. The number of phosphoric ester groups is 1. The molecule has 3 aromatic rings. The Morgan fingerprint density at radius 1 is 0.448 bits per heavy atom. The lowest BCUT2D eigenvalue weighted by Gasteiger charge is -2.20. The lowest BCUT2D eigenvalue weighted by molar-refractivity contribution is 0.299. The SMILES string of the molecule is Nc1cc(N)cc(OP(=O)(Oc2cc(N)cc(N)c2)Oc2cc(N)cc(N)c2)c1. The summed E-state index contributed by atoms with van der Waals surface area (Å²) in [4.78, 5) is 0. The molecule has 0 aliphatic rings. The van der Waals surface area contributed by atoms with Crippen molar-refractivity contribution in [1.82, 2.24) is 0 Å². The summed E-state index contributed by atoms with van der Waals surface area (Å²) in [7, 11) is -4.34. The minimum absolute atomic E-state index is 0.0691. The van der Waals surface area contributed by atoms with E-state index in [9.17, 15) is 4.57 Å². The summed E-state index contributed by atoms with van der Waals surface area (Å²) < 4.78 is 30.0. The molecule has 29 heavy (non-hydrogen) atoms. The van der Waals surface area contributed by atoms with Crippen molar-refractivity contribution in [2.45, 2.75) is 0 Å². The summed E-state index contributed by atoms with van der Waals surface area (Å²) in [5, 5.41) is 0. The van der Waals surface area contributed by atoms with Gasteiger partial charge in [-0.3, -0.25) is 0 Å². The van der Waals surface area contributed by atoms with Crippen LogP contribution in [-0.2, 0) is 4.57 Å². The Labute approximate surface area is 166 Å². The highest BCUT2D eigenvalue weighted by molar-refractivity contribution is 7.49. The second-order valence-electron chi connectivity index (χ2n) is 6.23. The Morgan fingerprint density at radius 3 is 0.862 bits per heavy atom. The van der Waals surface area contributed by atoms with Crippen LogP contribution in [0.3, 0.4) is 0 Å². The molecule has 0 fully saturated rings. The van der Waals surface area contributed by atoms with Crippen LogP contribution in [0.25, 0.3) is 0 Å². The first-order valence-corrected chi connectivity index (χ1v) is 9.73. The topological polar surface area (TPSA) is 201 Å². The van der Waals surface area contributed by atoms with Gasteiger partial charge in [0.1, 0.15) is 17.2 Å². The molecule has 10 nitrogen and oxygen atoms in total. The molecule has 0 saturated carbocycles. The van der Waals surface area contributed by atoms with E-state index in [1.165, 1.54) is 54.6 Å². The maximum atomic E-state index is 13.5. The Kier molecular flexibility index (Phi) is 5.20. The first-order chi connectivity index (χ1) is 13.6. The normalized spacial score (nSPS) is 11.0. The second-order valence-corrected chi connectivity index (χ2v) is 7.67. The molecule has 3 rings (SSSR count). The van der Waals surface area contributed by atoms with Crippen LogP contribution in [0.1, 0.15) is 0 Å². The molecule has 3 aromatic carbocycles. The van der Waals surface area contributed by atoms with E-state index in [4.69, 9.17) is 48.0 Å². The van der Waals surface area contributed by atoms with Crippen LogP contribution < -0.4 is 48.0 Å². The maximum Gasteiger partial charge on any atom is 0.647 e. The van der Waals surface area contributed by atoms with E-state index in [1.807, 2.05) is 0 Å². The smallest absolute Gasteiger partial charge is 0.399 e. The summed E-state index contributed by atoms with van der Waals surface area (Å²) in [6, 6.07) is 13.0. The standard InChI is InChI=1S/C18H21N6O4P/c19-10-1-11(20)5-16(4-10)26-29(25,27-17-6-12(21)2-13(22)7-17)28-18-8-14(23)3-15(24)9-18/h1-9H,19-24H2. The highest BCUT2D eigenvalue weighted by Crippen LogP contribution is 2.51. The lowest BCUT2D eigenvalue weighted by atomic mass is 10.3. The number of rotatable bonds is 6. The highest BCUT2D eigenvalue weighted by atomic mass is 31.2. The zero-order valence-electron chi connectivity index (χ0n) is 15.2. The lowest BCUT2D eigenvalue weighted by Crippen LogP contribution is -2.09. The van der Waals surface area contributed by atoms with Gasteiger partial charge < -0.3 is 48.0 Å². The highest BCUT2D eigenvalue weighted by Gasteiger charge is 2.34. The molecule has 0 heterocycles. The van der Waals surface area contributed by atoms with Gasteiger partial charge in [-0.1, -0.05) is 0 Å². The van der Waals surface area contributed by atoms with Crippen LogP contribution in [0.15, 0.2) is 54.6 Å². The zero-order valence-corrected chi connectivity index (χ0v) is 16.1. The molecule has 152 valence electrons. The molecule has 0 unspecified atom stereocenters. The van der Waals surface area contributed by atoms with Gasteiger partial charge in [-0.15, -0.1) is 0 Å². The van der Waals surface area contributed by atoms with E-state index < -0.39 is 7.82 Å². The number of nitrogen functional groups attached to an aromatic ring is 6. The van der Waals surface area contributed by atoms with Gasteiger partial charge in [0.25, 0.3) is 0 Å². The van der Waals surface area contributed by atoms with Crippen molar-refractivity contribution in [2.75, 3.05) is 34.4 Å². The molecule has 0 aliphatic carbocycles. The van der Waals surface area contributed by atoms with Gasteiger partial charge >= 0.3 is 7.82 Å². The Balaban J connectivity index is 2.00. The zero-order chi connectivity index (χ0) is 21.2. The first kappa shape index (κ1) is 19.8. The average molecular weight is 416 g/mol. The van der Waals surface area contributed by atoms with E-state index >= 15 is 0 Å². The third-order valence-corrected chi connectivity index (χ3v) is 4.81. The first-order valence-electron chi connectivity index (χ1n) is 8.27. The fourth-order valence-corrected chi connectivity index (χ4v) is 3.74. The maximum absolute atomic E-state index is 13.5. The quantitative estimate of drug-likeness (QED) is 0.256. The Morgan fingerprint density at radius 2 is 0.655 bits per heavy atom. The Bertz CT molecular complexity index is 910. The molecule has 0 radical (unpaired) electrons. The van der Waals surface area contributed by atoms with Gasteiger partial charge in [-0.25, -0.2) is 0 Å². The third-order valence-electron chi connectivity index (χ3n) is 3.51. The van der Waals surface area contributed by atoms with E-state index in [-0.39, 0.29) is 17.2 Å². The summed E-state index contributed by atoms with van der Waals surface area (Å²) in [6.45, 7) is 0. The predicted molar refractivity (Wildman–Crippen MR) is 115 cm³/mol. The van der Waals surface area contributed by atoms with Crippen LogP contribution in [-0.4, -0.2) is 0 Å². The van der Waals surface area contributed by atoms with Crippen molar-refractivity contribution in [3.05, 3.63) is 54.6 Å². The molecule has 0 bridgehead atoms. The summed E-state index contributed by atoms with van der Waals surface area (Å²) in [5.41, 5.74) is 36.4. The molecular weight excluding hydrogens is 395 g/mol. The largest absolute Gasteiger partial charge is 0.647 e. The monoisotopic (exact) mass is 416 g/mol. The molecule has 0 amide bonds. The molecule has 0 spiro atoms. The van der Waals surface area contributed by atoms with Crippen molar-refractivity contribution < 1.29 is 18.1 Å². The summed E-state index contributed by atoms with van der Waals surface area (Å²) in [6.07, 6.45) is 0. The van der Waals surface area contributed by atoms with E-state index in [2.05, 4.69) is 0 Å².